The SMILES string of the molecule is Brc1csc(CN2CCC3(CC2)OCCO3)c1. The van der Waals surface area contributed by atoms with Gasteiger partial charge in [0, 0.05) is 47.2 Å². The van der Waals surface area contributed by atoms with Crippen molar-refractivity contribution in [2.75, 3.05) is 26.3 Å². The van der Waals surface area contributed by atoms with Gasteiger partial charge >= 0.3 is 0 Å². The Bertz CT molecular complexity index is 380. The zero-order valence-electron chi connectivity index (χ0n) is 9.65. The van der Waals surface area contributed by atoms with E-state index >= 15 is 0 Å². The van der Waals surface area contributed by atoms with Gasteiger partial charge in [0.25, 0.3) is 0 Å². The first kappa shape index (κ1) is 12.1. The van der Waals surface area contributed by atoms with Crippen LogP contribution in [0.2, 0.25) is 0 Å². The third-order valence-electron chi connectivity index (χ3n) is 3.43. The van der Waals surface area contributed by atoms with E-state index in [1.54, 1.807) is 0 Å². The summed E-state index contributed by atoms with van der Waals surface area (Å²) in [5.74, 6) is -0.244. The Morgan fingerprint density at radius 1 is 1.29 bits per heavy atom. The topological polar surface area (TPSA) is 21.7 Å². The summed E-state index contributed by atoms with van der Waals surface area (Å²) in [5, 5.41) is 2.14. The van der Waals surface area contributed by atoms with Crippen molar-refractivity contribution in [2.24, 2.45) is 0 Å². The Kier molecular flexibility index (Phi) is 3.54. The van der Waals surface area contributed by atoms with E-state index in [0.717, 1.165) is 45.7 Å². The second kappa shape index (κ2) is 4.97. The van der Waals surface area contributed by atoms with Crippen molar-refractivity contribution in [3.63, 3.8) is 0 Å². The van der Waals surface area contributed by atoms with E-state index in [2.05, 4.69) is 32.3 Å². The van der Waals surface area contributed by atoms with Gasteiger partial charge in [0.15, 0.2) is 5.79 Å². The van der Waals surface area contributed by atoms with Gasteiger partial charge in [-0.1, -0.05) is 0 Å². The van der Waals surface area contributed by atoms with E-state index in [-0.39, 0.29) is 5.79 Å². The van der Waals surface area contributed by atoms with E-state index in [9.17, 15) is 0 Å². The first-order valence-corrected chi connectivity index (χ1v) is 7.66. The molecule has 2 aliphatic rings. The summed E-state index contributed by atoms with van der Waals surface area (Å²) in [6, 6.07) is 2.21. The zero-order valence-corrected chi connectivity index (χ0v) is 12.1. The number of nitrogens with zero attached hydrogens (tertiary/aromatic N) is 1. The molecule has 94 valence electrons. The number of rotatable bonds is 2. The molecule has 0 bridgehead atoms. The third-order valence-corrected chi connectivity index (χ3v) is 5.11. The highest BCUT2D eigenvalue weighted by atomic mass is 79.9. The van der Waals surface area contributed by atoms with Crippen LogP contribution in [0.25, 0.3) is 0 Å². The molecule has 0 atom stereocenters. The van der Waals surface area contributed by atoms with Crippen LogP contribution in [0.1, 0.15) is 17.7 Å². The molecule has 1 aromatic rings. The number of piperidine rings is 1. The molecular weight excluding hydrogens is 302 g/mol. The fourth-order valence-corrected chi connectivity index (χ4v) is 3.99. The minimum atomic E-state index is -0.244. The number of thiophene rings is 1. The lowest BCUT2D eigenvalue weighted by Crippen LogP contribution is -2.44. The summed E-state index contributed by atoms with van der Waals surface area (Å²) >= 11 is 5.31. The lowest BCUT2D eigenvalue weighted by molar-refractivity contribution is -0.185. The number of likely N-dealkylation sites (tertiary alicyclic amines) is 1. The summed E-state index contributed by atoms with van der Waals surface area (Å²) in [7, 11) is 0. The van der Waals surface area contributed by atoms with E-state index in [4.69, 9.17) is 9.47 Å². The highest BCUT2D eigenvalue weighted by molar-refractivity contribution is 9.10. The van der Waals surface area contributed by atoms with Gasteiger partial charge in [-0.15, -0.1) is 11.3 Å². The molecule has 2 aliphatic heterocycles. The Morgan fingerprint density at radius 2 is 2.00 bits per heavy atom. The molecule has 0 N–H and O–H groups in total. The molecule has 0 radical (unpaired) electrons. The minimum Gasteiger partial charge on any atom is -0.347 e. The average molecular weight is 318 g/mol. The Balaban J connectivity index is 1.54. The van der Waals surface area contributed by atoms with Crippen LogP contribution in [-0.2, 0) is 16.0 Å². The van der Waals surface area contributed by atoms with Crippen molar-refractivity contribution in [3.8, 4) is 0 Å². The Labute approximate surface area is 114 Å². The molecule has 2 fully saturated rings. The largest absolute Gasteiger partial charge is 0.347 e. The van der Waals surface area contributed by atoms with Crippen LogP contribution in [0.15, 0.2) is 15.9 Å². The number of hydrogen-bond acceptors (Lipinski definition) is 4. The molecule has 3 nitrogen and oxygen atoms in total. The highest BCUT2D eigenvalue weighted by Crippen LogP contribution is 2.32. The van der Waals surface area contributed by atoms with Crippen molar-refractivity contribution >= 4 is 27.3 Å². The average Bonchev–Trinajstić information content (AvgIpc) is 2.93. The molecule has 3 heterocycles. The quantitative estimate of drug-likeness (QED) is 0.837. The molecule has 0 amide bonds. The van der Waals surface area contributed by atoms with Gasteiger partial charge in [0.2, 0.25) is 0 Å². The van der Waals surface area contributed by atoms with E-state index in [1.807, 2.05) is 11.3 Å². The lowest BCUT2D eigenvalue weighted by Gasteiger charge is -2.37. The van der Waals surface area contributed by atoms with E-state index in [0.29, 0.717) is 0 Å². The van der Waals surface area contributed by atoms with Crippen LogP contribution in [0, 0.1) is 0 Å². The molecule has 17 heavy (non-hydrogen) atoms. The van der Waals surface area contributed by atoms with Gasteiger partial charge < -0.3 is 9.47 Å². The van der Waals surface area contributed by atoms with Crippen LogP contribution in [0.3, 0.4) is 0 Å². The summed E-state index contributed by atoms with van der Waals surface area (Å²) in [5.41, 5.74) is 0. The molecule has 0 aliphatic carbocycles. The van der Waals surface area contributed by atoms with Crippen molar-refractivity contribution in [1.29, 1.82) is 0 Å². The predicted octanol–water partition coefficient (Wildman–Crippen LogP) is 2.85. The standard InChI is InChI=1S/C12H16BrNO2S/c13-10-7-11(17-9-10)8-14-3-1-12(2-4-14)15-5-6-16-12/h7,9H,1-6,8H2. The maximum absolute atomic E-state index is 5.73. The second-order valence-electron chi connectivity index (χ2n) is 4.61. The van der Waals surface area contributed by atoms with E-state index in [1.165, 1.54) is 9.35 Å². The summed E-state index contributed by atoms with van der Waals surface area (Å²) in [6.07, 6.45) is 2.00. The molecule has 0 aromatic carbocycles. The molecular formula is C12H16BrNO2S. The molecule has 1 aromatic heterocycles. The summed E-state index contributed by atoms with van der Waals surface area (Å²) in [6.45, 7) is 4.70. The third kappa shape index (κ3) is 2.74. The fourth-order valence-electron chi connectivity index (χ4n) is 2.49. The number of hydrogen-bond donors (Lipinski definition) is 0. The summed E-state index contributed by atoms with van der Waals surface area (Å²) in [4.78, 5) is 3.90. The summed E-state index contributed by atoms with van der Waals surface area (Å²) < 4.78 is 12.6. The monoisotopic (exact) mass is 317 g/mol. The molecule has 2 saturated heterocycles. The Morgan fingerprint density at radius 3 is 2.59 bits per heavy atom. The zero-order chi connectivity index (χ0) is 11.7. The van der Waals surface area contributed by atoms with Gasteiger partial charge in [-0.25, -0.2) is 0 Å². The highest BCUT2D eigenvalue weighted by Gasteiger charge is 2.39. The smallest absolute Gasteiger partial charge is 0.170 e. The number of halogens is 1. The number of ether oxygens (including phenoxy) is 2. The van der Waals surface area contributed by atoms with Crippen LogP contribution in [0.4, 0.5) is 0 Å². The van der Waals surface area contributed by atoms with Crippen LogP contribution >= 0.6 is 27.3 Å². The van der Waals surface area contributed by atoms with Crippen molar-refractivity contribution < 1.29 is 9.47 Å². The maximum Gasteiger partial charge on any atom is 0.170 e. The Hall–Kier alpha value is 0.0600. The van der Waals surface area contributed by atoms with Gasteiger partial charge in [-0.05, 0) is 22.0 Å². The molecule has 0 saturated carbocycles. The molecule has 3 rings (SSSR count). The van der Waals surface area contributed by atoms with Gasteiger partial charge in [0.1, 0.15) is 0 Å². The first-order valence-electron chi connectivity index (χ1n) is 5.99. The van der Waals surface area contributed by atoms with Gasteiger partial charge in [0.05, 0.1) is 13.2 Å². The van der Waals surface area contributed by atoms with Gasteiger partial charge in [-0.2, -0.15) is 0 Å². The fraction of sp³-hybridized carbons (Fsp3) is 0.667. The first-order chi connectivity index (χ1) is 8.26. The lowest BCUT2D eigenvalue weighted by atomic mass is 10.0. The van der Waals surface area contributed by atoms with Crippen LogP contribution in [-0.4, -0.2) is 37.0 Å². The van der Waals surface area contributed by atoms with Crippen LogP contribution in [0.5, 0.6) is 0 Å². The van der Waals surface area contributed by atoms with Crippen molar-refractivity contribution in [2.45, 2.75) is 25.2 Å². The second-order valence-corrected chi connectivity index (χ2v) is 6.53. The normalized spacial score (nSPS) is 24.5. The molecule has 5 heteroatoms. The molecule has 1 spiro atoms. The van der Waals surface area contributed by atoms with Crippen molar-refractivity contribution in [3.05, 3.63) is 20.8 Å². The molecule has 0 unspecified atom stereocenters. The maximum atomic E-state index is 5.73. The van der Waals surface area contributed by atoms with Gasteiger partial charge in [-0.3, -0.25) is 4.90 Å². The predicted molar refractivity (Wildman–Crippen MR) is 71.2 cm³/mol. The van der Waals surface area contributed by atoms with E-state index < -0.39 is 0 Å². The van der Waals surface area contributed by atoms with Crippen molar-refractivity contribution in [1.82, 2.24) is 4.90 Å². The van der Waals surface area contributed by atoms with Crippen LogP contribution < -0.4 is 0 Å². The minimum absolute atomic E-state index is 0.244.